The number of rotatable bonds is 3. The maximum absolute atomic E-state index is 13.1. The van der Waals surface area contributed by atoms with Gasteiger partial charge in [-0.2, -0.15) is 0 Å². The van der Waals surface area contributed by atoms with Crippen LogP contribution in [0.4, 0.5) is 0 Å². The molecule has 7 heteroatoms. The zero-order valence-electron chi connectivity index (χ0n) is 15.7. The van der Waals surface area contributed by atoms with E-state index in [2.05, 4.69) is 21.9 Å². The molecule has 2 bridgehead atoms. The number of esters is 1. The first kappa shape index (κ1) is 17.3. The lowest BCUT2D eigenvalue weighted by molar-refractivity contribution is -0.0970. The van der Waals surface area contributed by atoms with Crippen molar-refractivity contribution in [3.05, 3.63) is 54.5 Å². The first-order valence-electron chi connectivity index (χ1n) is 9.59. The van der Waals surface area contributed by atoms with Crippen LogP contribution in [0.1, 0.15) is 23.2 Å². The number of nitrogens with zero attached hydrogens (tertiary/aromatic N) is 4. The Kier molecular flexibility index (Phi) is 4.33. The highest BCUT2D eigenvalue weighted by molar-refractivity contribution is 6.04. The minimum Gasteiger partial charge on any atom is -0.459 e. The summed E-state index contributed by atoms with van der Waals surface area (Å²) in [5, 5.41) is 0.844. The van der Waals surface area contributed by atoms with E-state index in [1.807, 2.05) is 28.8 Å². The van der Waals surface area contributed by atoms with E-state index in [9.17, 15) is 4.79 Å². The Morgan fingerprint density at radius 3 is 2.57 bits per heavy atom. The van der Waals surface area contributed by atoms with E-state index in [4.69, 9.17) is 9.47 Å². The standard InChI is InChI=1S/C21H22N4O3/c1-24-14-9-16(10-15(24)13-27-12-14)28-20(26)18-11-25(21-22-7-4-8-23-21)19-6-3-2-5-17(18)19/h2-8,11,14-16H,9-10,12-13H2,1H3/t14-,15+,16?. The second-order valence-electron chi connectivity index (χ2n) is 7.49. The van der Waals surface area contributed by atoms with Crippen molar-refractivity contribution in [1.82, 2.24) is 19.4 Å². The molecular weight excluding hydrogens is 356 g/mol. The third kappa shape index (κ3) is 2.96. The Morgan fingerprint density at radius 1 is 1.11 bits per heavy atom. The first-order chi connectivity index (χ1) is 13.7. The van der Waals surface area contributed by atoms with Gasteiger partial charge in [0, 0.05) is 48.9 Å². The number of para-hydroxylation sites is 1. The molecule has 0 spiro atoms. The van der Waals surface area contributed by atoms with Gasteiger partial charge in [-0.1, -0.05) is 18.2 Å². The summed E-state index contributed by atoms with van der Waals surface area (Å²) in [4.78, 5) is 24.0. The molecule has 2 aliphatic rings. The van der Waals surface area contributed by atoms with Crippen molar-refractivity contribution in [3.8, 4) is 5.95 Å². The Morgan fingerprint density at radius 2 is 1.82 bits per heavy atom. The summed E-state index contributed by atoms with van der Waals surface area (Å²) < 4.78 is 13.4. The summed E-state index contributed by atoms with van der Waals surface area (Å²) >= 11 is 0. The molecule has 2 fully saturated rings. The van der Waals surface area contributed by atoms with Crippen LogP contribution >= 0.6 is 0 Å². The number of ether oxygens (including phenoxy) is 2. The van der Waals surface area contributed by atoms with Gasteiger partial charge in [0.25, 0.3) is 0 Å². The van der Waals surface area contributed by atoms with Crippen LogP contribution in [0.3, 0.4) is 0 Å². The van der Waals surface area contributed by atoms with E-state index in [1.165, 1.54) is 0 Å². The van der Waals surface area contributed by atoms with Crippen LogP contribution in [-0.2, 0) is 9.47 Å². The number of piperidine rings is 1. The van der Waals surface area contributed by atoms with Gasteiger partial charge < -0.3 is 9.47 Å². The third-order valence-corrected chi connectivity index (χ3v) is 5.82. The number of likely N-dealkylation sites (N-methyl/N-ethyl adjacent to an activating group) is 1. The summed E-state index contributed by atoms with van der Waals surface area (Å²) in [6, 6.07) is 10.1. The lowest BCUT2D eigenvalue weighted by Crippen LogP contribution is -2.56. The van der Waals surface area contributed by atoms with Gasteiger partial charge in [-0.15, -0.1) is 0 Å². The van der Waals surface area contributed by atoms with Gasteiger partial charge in [-0.3, -0.25) is 9.47 Å². The molecule has 0 saturated carbocycles. The third-order valence-electron chi connectivity index (χ3n) is 5.82. The van der Waals surface area contributed by atoms with Crippen molar-refractivity contribution in [2.45, 2.75) is 31.0 Å². The van der Waals surface area contributed by atoms with Crippen molar-refractivity contribution in [2.75, 3.05) is 20.3 Å². The summed E-state index contributed by atoms with van der Waals surface area (Å²) in [5.41, 5.74) is 1.43. The molecule has 1 aromatic carbocycles. The smallest absolute Gasteiger partial charge is 0.340 e. The Labute approximate surface area is 162 Å². The molecule has 0 N–H and O–H groups in total. The van der Waals surface area contributed by atoms with E-state index < -0.39 is 0 Å². The number of carbonyl (C=O) groups excluding carboxylic acids is 1. The van der Waals surface area contributed by atoms with Crippen molar-refractivity contribution in [2.24, 2.45) is 0 Å². The lowest BCUT2D eigenvalue weighted by atomic mass is 9.92. The normalized spacial score (nSPS) is 25.0. The Bertz CT molecular complexity index is 989. The zero-order chi connectivity index (χ0) is 19.1. The van der Waals surface area contributed by atoms with Crippen LogP contribution in [0.2, 0.25) is 0 Å². The van der Waals surface area contributed by atoms with Crippen molar-refractivity contribution < 1.29 is 14.3 Å². The number of hydrogen-bond acceptors (Lipinski definition) is 6. The van der Waals surface area contributed by atoms with Gasteiger partial charge in [0.05, 0.1) is 24.3 Å². The molecular formula is C21H22N4O3. The fraction of sp³-hybridized carbons (Fsp3) is 0.381. The first-order valence-corrected chi connectivity index (χ1v) is 9.59. The second-order valence-corrected chi connectivity index (χ2v) is 7.49. The molecule has 3 atom stereocenters. The van der Waals surface area contributed by atoms with Gasteiger partial charge in [-0.25, -0.2) is 14.8 Å². The highest BCUT2D eigenvalue weighted by Gasteiger charge is 2.38. The molecule has 4 heterocycles. The molecule has 0 aliphatic carbocycles. The maximum atomic E-state index is 13.1. The molecule has 0 radical (unpaired) electrons. The van der Waals surface area contributed by atoms with Gasteiger partial charge >= 0.3 is 5.97 Å². The van der Waals surface area contributed by atoms with E-state index in [-0.39, 0.29) is 12.1 Å². The molecule has 144 valence electrons. The van der Waals surface area contributed by atoms with Gasteiger partial charge in [0.2, 0.25) is 5.95 Å². The average molecular weight is 378 g/mol. The predicted molar refractivity (Wildman–Crippen MR) is 103 cm³/mol. The largest absolute Gasteiger partial charge is 0.459 e. The number of carbonyl (C=O) groups is 1. The molecule has 2 saturated heterocycles. The number of hydrogen-bond donors (Lipinski definition) is 0. The van der Waals surface area contributed by atoms with E-state index in [0.717, 1.165) is 23.7 Å². The minimum absolute atomic E-state index is 0.0855. The summed E-state index contributed by atoms with van der Waals surface area (Å²) in [6.07, 6.45) is 6.68. The molecule has 1 unspecified atom stereocenters. The molecule has 7 nitrogen and oxygen atoms in total. The molecule has 3 aromatic rings. The van der Waals surface area contributed by atoms with Crippen LogP contribution in [0, 0.1) is 0 Å². The molecule has 28 heavy (non-hydrogen) atoms. The minimum atomic E-state index is -0.292. The summed E-state index contributed by atoms with van der Waals surface area (Å²) in [7, 11) is 2.13. The van der Waals surface area contributed by atoms with Crippen molar-refractivity contribution >= 4 is 16.9 Å². The van der Waals surface area contributed by atoms with Gasteiger partial charge in [-0.05, 0) is 19.2 Å². The van der Waals surface area contributed by atoms with Gasteiger partial charge in [0.1, 0.15) is 6.10 Å². The highest BCUT2D eigenvalue weighted by atomic mass is 16.5. The lowest BCUT2D eigenvalue weighted by Gasteiger charge is -2.46. The van der Waals surface area contributed by atoms with Crippen LogP contribution in [0.15, 0.2) is 48.9 Å². The fourth-order valence-corrected chi connectivity index (χ4v) is 4.28. The predicted octanol–water partition coefficient (Wildman–Crippen LogP) is 2.44. The number of fused-ring (bicyclic) bond motifs is 3. The van der Waals surface area contributed by atoms with E-state index in [1.54, 1.807) is 24.7 Å². The molecule has 2 aromatic heterocycles. The molecule has 5 rings (SSSR count). The summed E-state index contributed by atoms with van der Waals surface area (Å²) in [6.45, 7) is 1.40. The topological polar surface area (TPSA) is 69.5 Å². The second kappa shape index (κ2) is 7.00. The number of aromatic nitrogens is 3. The number of benzene rings is 1. The average Bonchev–Trinajstić information content (AvgIpc) is 3.09. The Balaban J connectivity index is 1.44. The highest BCUT2D eigenvalue weighted by Crippen LogP contribution is 2.30. The number of morpholine rings is 1. The fourth-order valence-electron chi connectivity index (χ4n) is 4.28. The van der Waals surface area contributed by atoms with E-state index in [0.29, 0.717) is 36.8 Å². The van der Waals surface area contributed by atoms with E-state index >= 15 is 0 Å². The van der Waals surface area contributed by atoms with Crippen molar-refractivity contribution in [1.29, 1.82) is 0 Å². The summed E-state index contributed by atoms with van der Waals surface area (Å²) in [5.74, 6) is 0.239. The quantitative estimate of drug-likeness (QED) is 0.652. The molecule has 2 aliphatic heterocycles. The van der Waals surface area contributed by atoms with Crippen molar-refractivity contribution in [3.63, 3.8) is 0 Å². The van der Waals surface area contributed by atoms with Crippen LogP contribution in [0.5, 0.6) is 0 Å². The van der Waals surface area contributed by atoms with Crippen LogP contribution in [-0.4, -0.2) is 63.9 Å². The maximum Gasteiger partial charge on any atom is 0.340 e. The Hall–Kier alpha value is -2.77. The zero-order valence-corrected chi connectivity index (χ0v) is 15.7. The van der Waals surface area contributed by atoms with Crippen LogP contribution in [0.25, 0.3) is 16.9 Å². The monoisotopic (exact) mass is 378 g/mol. The molecule has 0 amide bonds. The van der Waals surface area contributed by atoms with Gasteiger partial charge in [0.15, 0.2) is 0 Å². The SMILES string of the molecule is CN1[C@@H]2COC[C@H]1CC(OC(=O)c1cn(-c3ncccn3)c3ccccc13)C2. The van der Waals surface area contributed by atoms with Crippen LogP contribution < -0.4 is 0 Å².